The van der Waals surface area contributed by atoms with Gasteiger partial charge in [-0.05, 0) is 25.0 Å². The molecule has 0 aliphatic heterocycles. The van der Waals surface area contributed by atoms with Crippen molar-refractivity contribution >= 4 is 28.1 Å². The zero-order chi connectivity index (χ0) is 14.4. The first-order valence-electron chi connectivity index (χ1n) is 6.71. The minimum Gasteiger partial charge on any atom is -0.384 e. The maximum absolute atomic E-state index is 12.3. The van der Waals surface area contributed by atoms with Crippen LogP contribution < -0.4 is 10.6 Å². The number of para-hydroxylation sites is 1. The molecular weight excluding hydrogens is 272 g/mol. The average Bonchev–Trinajstić information content (AvgIpc) is 2.93. The highest BCUT2D eigenvalue weighted by atomic mass is 32.1. The molecule has 106 valence electrons. The Morgan fingerprint density at radius 3 is 2.75 bits per heavy atom. The second kappa shape index (κ2) is 7.00. The molecule has 5 nitrogen and oxygen atoms in total. The first kappa shape index (κ1) is 14.5. The topological polar surface area (TPSA) is 66.9 Å². The third kappa shape index (κ3) is 3.54. The molecule has 0 unspecified atom stereocenters. The summed E-state index contributed by atoms with van der Waals surface area (Å²) < 4.78 is 0. The van der Waals surface area contributed by atoms with Gasteiger partial charge in [0, 0.05) is 12.2 Å². The van der Waals surface area contributed by atoms with Gasteiger partial charge in [-0.2, -0.15) is 0 Å². The fraction of sp³-hybridized carbons (Fsp3) is 0.357. The smallest absolute Gasteiger partial charge is 0.259 e. The minimum atomic E-state index is -0.164. The van der Waals surface area contributed by atoms with Crippen molar-refractivity contribution in [2.24, 2.45) is 0 Å². The number of nitrogens with one attached hydrogen (secondary N) is 2. The predicted octanol–water partition coefficient (Wildman–Crippen LogP) is 3.17. The third-order valence-corrected chi connectivity index (χ3v) is 3.71. The molecule has 2 rings (SSSR count). The highest BCUT2D eigenvalue weighted by Gasteiger charge is 2.13. The standard InChI is InChI=1S/C14H18N4OS/c1-3-9-15-11-8-6-5-7-10(11)13(19)16-14-18-17-12(4-2)20-14/h5-8,15H,3-4,9H2,1-2H3,(H,16,18,19). The van der Waals surface area contributed by atoms with Gasteiger partial charge in [0.2, 0.25) is 5.13 Å². The Kier molecular flexibility index (Phi) is 5.06. The van der Waals surface area contributed by atoms with E-state index in [2.05, 4.69) is 27.8 Å². The van der Waals surface area contributed by atoms with E-state index in [4.69, 9.17) is 0 Å². The molecule has 20 heavy (non-hydrogen) atoms. The number of aryl methyl sites for hydroxylation is 1. The van der Waals surface area contributed by atoms with Gasteiger partial charge in [-0.15, -0.1) is 10.2 Å². The summed E-state index contributed by atoms with van der Waals surface area (Å²) in [6.45, 7) is 4.93. The number of carbonyl (C=O) groups excluding carboxylic acids is 1. The van der Waals surface area contributed by atoms with E-state index in [0.29, 0.717) is 10.7 Å². The van der Waals surface area contributed by atoms with Gasteiger partial charge in [-0.3, -0.25) is 10.1 Å². The molecule has 0 atom stereocenters. The van der Waals surface area contributed by atoms with Gasteiger partial charge < -0.3 is 5.32 Å². The van der Waals surface area contributed by atoms with Crippen molar-refractivity contribution in [3.63, 3.8) is 0 Å². The Balaban J connectivity index is 2.12. The lowest BCUT2D eigenvalue weighted by Gasteiger charge is -2.10. The van der Waals surface area contributed by atoms with Crippen LogP contribution in [0.3, 0.4) is 0 Å². The van der Waals surface area contributed by atoms with Crippen molar-refractivity contribution in [2.45, 2.75) is 26.7 Å². The Labute approximate surface area is 122 Å². The quantitative estimate of drug-likeness (QED) is 0.857. The highest BCUT2D eigenvalue weighted by Crippen LogP contribution is 2.20. The van der Waals surface area contributed by atoms with Crippen LogP contribution in [-0.2, 0) is 6.42 Å². The van der Waals surface area contributed by atoms with Crippen LogP contribution in [0, 0.1) is 0 Å². The van der Waals surface area contributed by atoms with E-state index >= 15 is 0 Å². The number of amides is 1. The number of benzene rings is 1. The number of nitrogens with zero attached hydrogens (tertiary/aromatic N) is 2. The monoisotopic (exact) mass is 290 g/mol. The molecule has 1 heterocycles. The molecule has 6 heteroatoms. The fourth-order valence-corrected chi connectivity index (χ4v) is 2.38. The third-order valence-electron chi connectivity index (χ3n) is 2.73. The summed E-state index contributed by atoms with van der Waals surface area (Å²) in [5.41, 5.74) is 1.46. The van der Waals surface area contributed by atoms with E-state index in [0.717, 1.165) is 30.1 Å². The number of hydrogen-bond acceptors (Lipinski definition) is 5. The lowest BCUT2D eigenvalue weighted by atomic mass is 10.1. The molecular formula is C14H18N4OS. The Hall–Kier alpha value is -1.95. The van der Waals surface area contributed by atoms with Crippen LogP contribution in [0.4, 0.5) is 10.8 Å². The molecule has 1 amide bonds. The minimum absolute atomic E-state index is 0.164. The predicted molar refractivity (Wildman–Crippen MR) is 82.5 cm³/mol. The Bertz CT molecular complexity index is 582. The molecule has 0 saturated heterocycles. The summed E-state index contributed by atoms with van der Waals surface area (Å²) in [6.07, 6.45) is 1.83. The molecule has 0 aliphatic rings. The maximum Gasteiger partial charge on any atom is 0.259 e. The van der Waals surface area contributed by atoms with E-state index < -0.39 is 0 Å². The SMILES string of the molecule is CCCNc1ccccc1C(=O)Nc1nnc(CC)s1. The van der Waals surface area contributed by atoms with Crippen LogP contribution in [0.25, 0.3) is 0 Å². The first-order valence-corrected chi connectivity index (χ1v) is 7.52. The maximum atomic E-state index is 12.3. The van der Waals surface area contributed by atoms with E-state index in [-0.39, 0.29) is 5.91 Å². The highest BCUT2D eigenvalue weighted by molar-refractivity contribution is 7.15. The molecule has 0 fully saturated rings. The van der Waals surface area contributed by atoms with Gasteiger partial charge >= 0.3 is 0 Å². The average molecular weight is 290 g/mol. The number of hydrogen-bond donors (Lipinski definition) is 2. The van der Waals surface area contributed by atoms with Crippen LogP contribution >= 0.6 is 11.3 Å². The summed E-state index contributed by atoms with van der Waals surface area (Å²) in [5.74, 6) is -0.164. The molecule has 2 N–H and O–H groups in total. The van der Waals surface area contributed by atoms with Crippen molar-refractivity contribution in [3.05, 3.63) is 34.8 Å². The number of carbonyl (C=O) groups is 1. The van der Waals surface area contributed by atoms with Crippen molar-refractivity contribution in [3.8, 4) is 0 Å². The largest absolute Gasteiger partial charge is 0.384 e. The van der Waals surface area contributed by atoms with Crippen molar-refractivity contribution in [1.29, 1.82) is 0 Å². The molecule has 0 bridgehead atoms. The zero-order valence-electron chi connectivity index (χ0n) is 11.6. The lowest BCUT2D eigenvalue weighted by molar-refractivity contribution is 0.102. The molecule has 2 aromatic rings. The van der Waals surface area contributed by atoms with Crippen LogP contribution in [0.2, 0.25) is 0 Å². The van der Waals surface area contributed by atoms with Gasteiger partial charge in [0.05, 0.1) is 5.56 Å². The van der Waals surface area contributed by atoms with Gasteiger partial charge in [0.25, 0.3) is 5.91 Å². The van der Waals surface area contributed by atoms with Gasteiger partial charge in [0.15, 0.2) is 0 Å². The molecule has 0 saturated carbocycles. The van der Waals surface area contributed by atoms with Crippen LogP contribution in [0.5, 0.6) is 0 Å². The normalized spacial score (nSPS) is 10.3. The number of rotatable bonds is 6. The summed E-state index contributed by atoms with van der Waals surface area (Å²) in [7, 11) is 0. The molecule has 0 aliphatic carbocycles. The number of aromatic nitrogens is 2. The van der Waals surface area contributed by atoms with E-state index in [1.54, 1.807) is 6.07 Å². The van der Waals surface area contributed by atoms with E-state index in [9.17, 15) is 4.79 Å². The van der Waals surface area contributed by atoms with Gasteiger partial charge in [-0.1, -0.05) is 37.3 Å². The van der Waals surface area contributed by atoms with Gasteiger partial charge in [0.1, 0.15) is 5.01 Å². The van der Waals surface area contributed by atoms with Crippen molar-refractivity contribution in [1.82, 2.24) is 10.2 Å². The molecule has 0 spiro atoms. The second-order valence-corrected chi connectivity index (χ2v) is 5.34. The van der Waals surface area contributed by atoms with Crippen molar-refractivity contribution < 1.29 is 4.79 Å². The first-order chi connectivity index (χ1) is 9.74. The molecule has 1 aromatic heterocycles. The molecule has 1 aromatic carbocycles. The molecule has 0 radical (unpaired) electrons. The van der Waals surface area contributed by atoms with E-state index in [1.807, 2.05) is 25.1 Å². The summed E-state index contributed by atoms with van der Waals surface area (Å²) >= 11 is 1.41. The van der Waals surface area contributed by atoms with Crippen LogP contribution in [0.15, 0.2) is 24.3 Å². The Morgan fingerprint density at radius 2 is 2.05 bits per heavy atom. The second-order valence-electron chi connectivity index (χ2n) is 4.28. The Morgan fingerprint density at radius 1 is 1.25 bits per heavy atom. The summed E-state index contributed by atoms with van der Waals surface area (Å²) in [6, 6.07) is 7.47. The van der Waals surface area contributed by atoms with Crippen LogP contribution in [0.1, 0.15) is 35.6 Å². The number of anilines is 2. The van der Waals surface area contributed by atoms with Crippen molar-refractivity contribution in [2.75, 3.05) is 17.2 Å². The lowest BCUT2D eigenvalue weighted by Crippen LogP contribution is -2.15. The van der Waals surface area contributed by atoms with Crippen LogP contribution in [-0.4, -0.2) is 22.6 Å². The summed E-state index contributed by atoms with van der Waals surface area (Å²) in [4.78, 5) is 12.3. The fourth-order valence-electron chi connectivity index (χ4n) is 1.71. The van der Waals surface area contributed by atoms with E-state index in [1.165, 1.54) is 11.3 Å². The zero-order valence-corrected chi connectivity index (χ0v) is 12.5. The summed E-state index contributed by atoms with van der Waals surface area (Å²) in [5, 5.41) is 15.5. The van der Waals surface area contributed by atoms with Gasteiger partial charge in [-0.25, -0.2) is 0 Å².